The van der Waals surface area contributed by atoms with Gasteiger partial charge in [0.15, 0.2) is 5.69 Å². The zero-order valence-corrected chi connectivity index (χ0v) is 16.2. The minimum atomic E-state index is -4.55. The first kappa shape index (κ1) is 19.6. The summed E-state index contributed by atoms with van der Waals surface area (Å²) in [7, 11) is 1.44. The summed E-state index contributed by atoms with van der Waals surface area (Å²) in [6.07, 6.45) is -2.91. The molecule has 0 bridgehead atoms. The van der Waals surface area contributed by atoms with Crippen molar-refractivity contribution in [2.45, 2.75) is 13.1 Å². The number of rotatable bonds is 3. The summed E-state index contributed by atoms with van der Waals surface area (Å²) in [6.45, 7) is 1.82. The number of carbonyl (C=O) groups excluding carboxylic acids is 1. The Morgan fingerprint density at radius 2 is 1.87 bits per heavy atom. The molecule has 4 rings (SSSR count). The fourth-order valence-corrected chi connectivity index (χ4v) is 3.24. The Morgan fingerprint density at radius 1 is 1.07 bits per heavy atom. The van der Waals surface area contributed by atoms with E-state index in [9.17, 15) is 18.0 Å². The predicted molar refractivity (Wildman–Crippen MR) is 108 cm³/mol. The standard InChI is InChI=1S/C22H17F3N4O/c1-13-5-8-17(16(10-13)19-12-20(22(23,24)25)28-29(19)2)27-21(30)15-7-6-14-4-3-9-26-18(14)11-15/h3-12H,1-2H3,(H,27,30). The van der Waals surface area contributed by atoms with Crippen LogP contribution >= 0.6 is 0 Å². The molecule has 0 radical (unpaired) electrons. The monoisotopic (exact) mass is 410 g/mol. The van der Waals surface area contributed by atoms with Crippen LogP contribution in [0.25, 0.3) is 22.2 Å². The predicted octanol–water partition coefficient (Wildman–Crippen LogP) is 5.21. The van der Waals surface area contributed by atoms with E-state index in [0.29, 0.717) is 22.3 Å². The molecule has 0 saturated carbocycles. The van der Waals surface area contributed by atoms with Crippen molar-refractivity contribution in [1.82, 2.24) is 14.8 Å². The van der Waals surface area contributed by atoms with Gasteiger partial charge in [0.25, 0.3) is 5.91 Å². The molecule has 0 unspecified atom stereocenters. The molecule has 30 heavy (non-hydrogen) atoms. The average Bonchev–Trinajstić information content (AvgIpc) is 3.11. The second-order valence-corrected chi connectivity index (χ2v) is 6.95. The van der Waals surface area contributed by atoms with Gasteiger partial charge in [0, 0.05) is 29.8 Å². The third-order valence-electron chi connectivity index (χ3n) is 4.74. The van der Waals surface area contributed by atoms with Crippen LogP contribution in [-0.4, -0.2) is 20.7 Å². The molecular formula is C22H17F3N4O. The number of halogens is 3. The fourth-order valence-electron chi connectivity index (χ4n) is 3.24. The Bertz CT molecular complexity index is 1260. The van der Waals surface area contributed by atoms with E-state index in [0.717, 1.165) is 21.7 Å². The zero-order chi connectivity index (χ0) is 21.5. The van der Waals surface area contributed by atoms with Crippen LogP contribution < -0.4 is 5.32 Å². The van der Waals surface area contributed by atoms with Crippen LogP contribution in [0.5, 0.6) is 0 Å². The van der Waals surface area contributed by atoms with Gasteiger partial charge in [-0.05, 0) is 43.3 Å². The number of alkyl halides is 3. The van der Waals surface area contributed by atoms with Gasteiger partial charge >= 0.3 is 6.18 Å². The van der Waals surface area contributed by atoms with Crippen molar-refractivity contribution in [2.24, 2.45) is 7.05 Å². The van der Waals surface area contributed by atoms with Crippen molar-refractivity contribution >= 4 is 22.5 Å². The van der Waals surface area contributed by atoms with Crippen LogP contribution in [0.2, 0.25) is 0 Å². The normalized spacial score (nSPS) is 11.6. The lowest BCUT2D eigenvalue weighted by Gasteiger charge is -2.13. The molecule has 0 aliphatic carbocycles. The van der Waals surface area contributed by atoms with E-state index >= 15 is 0 Å². The Labute approximate surface area is 170 Å². The van der Waals surface area contributed by atoms with Crippen molar-refractivity contribution in [3.05, 3.63) is 77.6 Å². The summed E-state index contributed by atoms with van der Waals surface area (Å²) in [6, 6.07) is 15.0. The van der Waals surface area contributed by atoms with Gasteiger partial charge in [-0.1, -0.05) is 23.8 Å². The Kier molecular flexibility index (Phi) is 4.77. The van der Waals surface area contributed by atoms with Crippen molar-refractivity contribution in [3.63, 3.8) is 0 Å². The maximum atomic E-state index is 13.1. The van der Waals surface area contributed by atoms with E-state index in [2.05, 4.69) is 15.4 Å². The van der Waals surface area contributed by atoms with Crippen molar-refractivity contribution < 1.29 is 18.0 Å². The molecule has 8 heteroatoms. The van der Waals surface area contributed by atoms with Crippen LogP contribution in [-0.2, 0) is 13.2 Å². The highest BCUT2D eigenvalue weighted by atomic mass is 19.4. The van der Waals surface area contributed by atoms with Crippen LogP contribution in [0.15, 0.2) is 60.8 Å². The van der Waals surface area contributed by atoms with E-state index in [1.165, 1.54) is 7.05 Å². The number of carbonyl (C=O) groups is 1. The number of amides is 1. The summed E-state index contributed by atoms with van der Waals surface area (Å²) >= 11 is 0. The Morgan fingerprint density at radius 3 is 2.60 bits per heavy atom. The molecule has 0 aliphatic heterocycles. The van der Waals surface area contributed by atoms with E-state index < -0.39 is 11.9 Å². The molecule has 1 amide bonds. The molecular weight excluding hydrogens is 393 g/mol. The smallest absolute Gasteiger partial charge is 0.321 e. The number of hydrogen-bond acceptors (Lipinski definition) is 3. The van der Waals surface area contributed by atoms with Gasteiger partial charge < -0.3 is 5.32 Å². The third kappa shape index (κ3) is 3.76. The summed E-state index contributed by atoms with van der Waals surface area (Å²) < 4.78 is 40.4. The van der Waals surface area contributed by atoms with Crippen LogP contribution in [0.3, 0.4) is 0 Å². The lowest BCUT2D eigenvalue weighted by Crippen LogP contribution is -2.13. The number of hydrogen-bond donors (Lipinski definition) is 1. The number of aryl methyl sites for hydroxylation is 2. The molecule has 0 fully saturated rings. The Hall–Kier alpha value is -3.68. The highest BCUT2D eigenvalue weighted by Gasteiger charge is 2.35. The molecule has 0 saturated heterocycles. The summed E-state index contributed by atoms with van der Waals surface area (Å²) in [5.74, 6) is -0.383. The van der Waals surface area contributed by atoms with Gasteiger partial charge in [0.05, 0.1) is 16.9 Å². The molecule has 1 N–H and O–H groups in total. The quantitative estimate of drug-likeness (QED) is 0.504. The maximum absolute atomic E-state index is 13.1. The van der Waals surface area contributed by atoms with Crippen molar-refractivity contribution in [1.29, 1.82) is 0 Å². The minimum Gasteiger partial charge on any atom is -0.321 e. The molecule has 0 spiro atoms. The van der Waals surface area contributed by atoms with Crippen molar-refractivity contribution in [3.8, 4) is 11.3 Å². The lowest BCUT2D eigenvalue weighted by molar-refractivity contribution is -0.141. The number of nitrogens with one attached hydrogen (secondary N) is 1. The number of aromatic nitrogens is 3. The number of nitrogens with zero attached hydrogens (tertiary/aromatic N) is 3. The van der Waals surface area contributed by atoms with Gasteiger partial charge in [0.1, 0.15) is 0 Å². The number of fused-ring (bicyclic) bond motifs is 1. The van der Waals surface area contributed by atoms with E-state index in [-0.39, 0.29) is 11.6 Å². The first-order valence-corrected chi connectivity index (χ1v) is 9.11. The van der Waals surface area contributed by atoms with Crippen LogP contribution in [0.4, 0.5) is 18.9 Å². The largest absolute Gasteiger partial charge is 0.435 e. The zero-order valence-electron chi connectivity index (χ0n) is 16.2. The highest BCUT2D eigenvalue weighted by Crippen LogP contribution is 2.34. The molecule has 5 nitrogen and oxygen atoms in total. The topological polar surface area (TPSA) is 59.8 Å². The summed E-state index contributed by atoms with van der Waals surface area (Å²) in [5, 5.41) is 7.28. The molecule has 0 atom stereocenters. The third-order valence-corrected chi connectivity index (χ3v) is 4.74. The SMILES string of the molecule is Cc1ccc(NC(=O)c2ccc3cccnc3c2)c(-c2cc(C(F)(F)F)nn2C)c1. The number of benzene rings is 2. The van der Waals surface area contributed by atoms with Gasteiger partial charge in [0.2, 0.25) is 0 Å². The number of anilines is 1. The molecule has 2 aromatic heterocycles. The highest BCUT2D eigenvalue weighted by molar-refractivity contribution is 6.07. The molecule has 152 valence electrons. The average molecular weight is 410 g/mol. The summed E-state index contributed by atoms with van der Waals surface area (Å²) in [5.41, 5.74) is 2.02. The lowest BCUT2D eigenvalue weighted by atomic mass is 10.0. The van der Waals surface area contributed by atoms with E-state index in [1.807, 2.05) is 19.1 Å². The van der Waals surface area contributed by atoms with Gasteiger partial charge in [-0.15, -0.1) is 0 Å². The van der Waals surface area contributed by atoms with Gasteiger partial charge in [-0.25, -0.2) is 0 Å². The summed E-state index contributed by atoms with van der Waals surface area (Å²) in [4.78, 5) is 17.1. The van der Waals surface area contributed by atoms with E-state index in [4.69, 9.17) is 0 Å². The van der Waals surface area contributed by atoms with E-state index in [1.54, 1.807) is 42.6 Å². The van der Waals surface area contributed by atoms with Crippen LogP contribution in [0.1, 0.15) is 21.6 Å². The second-order valence-electron chi connectivity index (χ2n) is 6.95. The molecule has 0 aliphatic rings. The van der Waals surface area contributed by atoms with Crippen molar-refractivity contribution in [2.75, 3.05) is 5.32 Å². The number of pyridine rings is 1. The minimum absolute atomic E-state index is 0.251. The van der Waals surface area contributed by atoms with Gasteiger partial charge in [-0.2, -0.15) is 18.3 Å². The fraction of sp³-hybridized carbons (Fsp3) is 0.136. The Balaban J connectivity index is 1.72. The molecule has 2 heterocycles. The molecule has 4 aromatic rings. The van der Waals surface area contributed by atoms with Gasteiger partial charge in [-0.3, -0.25) is 14.5 Å². The maximum Gasteiger partial charge on any atom is 0.435 e. The van der Waals surface area contributed by atoms with Crippen LogP contribution in [0, 0.1) is 6.92 Å². The first-order chi connectivity index (χ1) is 14.2. The second kappa shape index (κ2) is 7.29. The molecule has 2 aromatic carbocycles. The first-order valence-electron chi connectivity index (χ1n) is 9.11.